The van der Waals surface area contributed by atoms with E-state index in [1.165, 1.54) is 24.3 Å². The quantitative estimate of drug-likeness (QED) is 0.845. The molecule has 0 radical (unpaired) electrons. The van der Waals surface area contributed by atoms with Crippen molar-refractivity contribution >= 4 is 27.3 Å². The first-order valence-electron chi connectivity index (χ1n) is 5.99. The molecule has 0 fully saturated rings. The molecular formula is C14H13ClFNO3S. The Bertz CT molecular complexity index is 806. The van der Waals surface area contributed by atoms with Gasteiger partial charge in [0.1, 0.15) is 11.6 Å². The minimum absolute atomic E-state index is 0.0522. The van der Waals surface area contributed by atoms with Gasteiger partial charge in [-0.05, 0) is 49.2 Å². The highest BCUT2D eigenvalue weighted by Crippen LogP contribution is 2.33. The molecule has 0 saturated heterocycles. The lowest BCUT2D eigenvalue weighted by molar-refractivity contribution is 0.473. The van der Waals surface area contributed by atoms with Gasteiger partial charge in [-0.25, -0.2) is 12.8 Å². The number of hydrogen-bond donors (Lipinski definition) is 2. The van der Waals surface area contributed by atoms with Gasteiger partial charge in [0.25, 0.3) is 10.0 Å². The molecule has 7 heteroatoms. The number of phenolic OH excluding ortho intramolecular Hbond substituents is 1. The summed E-state index contributed by atoms with van der Waals surface area (Å²) in [6, 6.07) is 6.26. The number of aryl methyl sites for hydroxylation is 2. The Balaban J connectivity index is 2.50. The van der Waals surface area contributed by atoms with Crippen LogP contribution in [0.1, 0.15) is 11.1 Å². The number of anilines is 1. The maximum Gasteiger partial charge on any atom is 0.262 e. The van der Waals surface area contributed by atoms with E-state index in [1.54, 1.807) is 13.8 Å². The van der Waals surface area contributed by atoms with Crippen molar-refractivity contribution in [2.45, 2.75) is 18.7 Å². The molecule has 0 aliphatic rings. The second kappa shape index (κ2) is 5.54. The Labute approximate surface area is 127 Å². The first-order valence-corrected chi connectivity index (χ1v) is 7.85. The van der Waals surface area contributed by atoms with Gasteiger partial charge in [0.15, 0.2) is 0 Å². The largest absolute Gasteiger partial charge is 0.505 e. The number of phenols is 1. The molecule has 0 aromatic heterocycles. The van der Waals surface area contributed by atoms with Crippen LogP contribution in [-0.4, -0.2) is 13.5 Å². The van der Waals surface area contributed by atoms with Crippen LogP contribution < -0.4 is 4.72 Å². The number of nitrogens with one attached hydrogen (secondary N) is 1. The third-order valence-electron chi connectivity index (χ3n) is 2.95. The van der Waals surface area contributed by atoms with E-state index in [2.05, 4.69) is 4.72 Å². The zero-order valence-electron chi connectivity index (χ0n) is 11.3. The second-order valence-electron chi connectivity index (χ2n) is 4.63. The zero-order valence-corrected chi connectivity index (χ0v) is 12.9. The fraction of sp³-hybridized carbons (Fsp3) is 0.143. The van der Waals surface area contributed by atoms with E-state index in [0.717, 1.165) is 6.07 Å². The Morgan fingerprint density at radius 1 is 1.14 bits per heavy atom. The first-order chi connectivity index (χ1) is 9.70. The molecule has 4 nitrogen and oxygen atoms in total. The third-order valence-corrected chi connectivity index (χ3v) is 4.68. The molecule has 112 valence electrons. The van der Waals surface area contributed by atoms with Gasteiger partial charge >= 0.3 is 0 Å². The number of hydrogen-bond acceptors (Lipinski definition) is 3. The van der Waals surface area contributed by atoms with E-state index in [0.29, 0.717) is 11.1 Å². The standard InChI is InChI=1S/C14H13ClFNO3S/c1-8-3-4-11(16)7-13(8)21(19,20)17-12-6-10(15)5-9(2)14(12)18/h3-7,17-18H,1-2H3. The van der Waals surface area contributed by atoms with Crippen molar-refractivity contribution in [3.8, 4) is 5.75 Å². The fourth-order valence-electron chi connectivity index (χ4n) is 1.88. The number of rotatable bonds is 3. The predicted octanol–water partition coefficient (Wildman–Crippen LogP) is 3.60. The van der Waals surface area contributed by atoms with Crippen molar-refractivity contribution in [1.29, 1.82) is 0 Å². The van der Waals surface area contributed by atoms with Crippen molar-refractivity contribution < 1.29 is 17.9 Å². The first kappa shape index (κ1) is 15.6. The molecule has 2 aromatic carbocycles. The summed E-state index contributed by atoms with van der Waals surface area (Å²) >= 11 is 5.85. The molecule has 21 heavy (non-hydrogen) atoms. The van der Waals surface area contributed by atoms with Crippen LogP contribution in [0.5, 0.6) is 5.75 Å². The predicted molar refractivity (Wildman–Crippen MR) is 79.8 cm³/mol. The van der Waals surface area contributed by atoms with E-state index in [9.17, 15) is 17.9 Å². The number of benzene rings is 2. The molecule has 0 saturated carbocycles. The van der Waals surface area contributed by atoms with Crippen molar-refractivity contribution in [3.63, 3.8) is 0 Å². The van der Waals surface area contributed by atoms with Crippen LogP contribution in [0.15, 0.2) is 35.2 Å². The van der Waals surface area contributed by atoms with Crippen LogP contribution in [0, 0.1) is 19.7 Å². The second-order valence-corrected chi connectivity index (χ2v) is 6.72. The monoisotopic (exact) mass is 329 g/mol. The van der Waals surface area contributed by atoms with Gasteiger partial charge in [0.05, 0.1) is 10.6 Å². The summed E-state index contributed by atoms with van der Waals surface area (Å²) in [5, 5.41) is 10.2. The van der Waals surface area contributed by atoms with Gasteiger partial charge in [-0.1, -0.05) is 17.7 Å². The maximum absolute atomic E-state index is 13.3. The lowest BCUT2D eigenvalue weighted by Crippen LogP contribution is -2.15. The van der Waals surface area contributed by atoms with Crippen molar-refractivity contribution in [2.24, 2.45) is 0 Å². The summed E-state index contributed by atoms with van der Waals surface area (Å²) < 4.78 is 40.1. The molecule has 0 atom stereocenters. The maximum atomic E-state index is 13.3. The highest BCUT2D eigenvalue weighted by atomic mass is 35.5. The number of sulfonamides is 1. The Morgan fingerprint density at radius 3 is 2.48 bits per heavy atom. The topological polar surface area (TPSA) is 66.4 Å². The molecular weight excluding hydrogens is 317 g/mol. The van der Waals surface area contributed by atoms with Crippen LogP contribution in [-0.2, 0) is 10.0 Å². The van der Waals surface area contributed by atoms with Gasteiger partial charge < -0.3 is 5.11 Å². The fourth-order valence-corrected chi connectivity index (χ4v) is 3.46. The molecule has 2 N–H and O–H groups in total. The van der Waals surface area contributed by atoms with E-state index in [1.807, 2.05) is 0 Å². The number of aromatic hydroxyl groups is 1. The SMILES string of the molecule is Cc1ccc(F)cc1S(=O)(=O)Nc1cc(Cl)cc(C)c1O. The summed E-state index contributed by atoms with van der Waals surface area (Å²) in [6.45, 7) is 3.14. The summed E-state index contributed by atoms with van der Waals surface area (Å²) in [6.07, 6.45) is 0. The third kappa shape index (κ3) is 3.28. The molecule has 0 aliphatic heterocycles. The highest BCUT2D eigenvalue weighted by Gasteiger charge is 2.20. The molecule has 2 aromatic rings. The molecule has 0 aliphatic carbocycles. The van der Waals surface area contributed by atoms with Gasteiger partial charge in [-0.15, -0.1) is 0 Å². The highest BCUT2D eigenvalue weighted by molar-refractivity contribution is 7.92. The summed E-state index contributed by atoms with van der Waals surface area (Å²) in [4.78, 5) is -0.195. The zero-order chi connectivity index (χ0) is 15.8. The van der Waals surface area contributed by atoms with E-state index < -0.39 is 15.8 Å². The van der Waals surface area contributed by atoms with Crippen LogP contribution >= 0.6 is 11.6 Å². The lowest BCUT2D eigenvalue weighted by Gasteiger charge is -2.13. The minimum Gasteiger partial charge on any atom is -0.505 e. The minimum atomic E-state index is -4.03. The summed E-state index contributed by atoms with van der Waals surface area (Å²) in [5.74, 6) is -0.885. The normalized spacial score (nSPS) is 11.4. The summed E-state index contributed by atoms with van der Waals surface area (Å²) in [5.41, 5.74) is 0.766. The molecule has 0 spiro atoms. The van der Waals surface area contributed by atoms with Gasteiger partial charge in [0.2, 0.25) is 0 Å². The molecule has 0 amide bonds. The Hall–Kier alpha value is -1.79. The van der Waals surface area contributed by atoms with Crippen LogP contribution in [0.25, 0.3) is 0 Å². The molecule has 0 bridgehead atoms. The summed E-state index contributed by atoms with van der Waals surface area (Å²) in [7, 11) is -4.03. The van der Waals surface area contributed by atoms with E-state index in [-0.39, 0.29) is 21.4 Å². The van der Waals surface area contributed by atoms with Gasteiger partial charge in [0, 0.05) is 5.02 Å². The lowest BCUT2D eigenvalue weighted by atomic mass is 10.2. The van der Waals surface area contributed by atoms with Crippen molar-refractivity contribution in [2.75, 3.05) is 4.72 Å². The van der Waals surface area contributed by atoms with Gasteiger partial charge in [-0.3, -0.25) is 4.72 Å². The average Bonchev–Trinajstić information content (AvgIpc) is 2.37. The average molecular weight is 330 g/mol. The molecule has 2 rings (SSSR count). The van der Waals surface area contributed by atoms with Crippen LogP contribution in [0.4, 0.5) is 10.1 Å². The Kier molecular flexibility index (Phi) is 4.11. The Morgan fingerprint density at radius 2 is 1.81 bits per heavy atom. The van der Waals surface area contributed by atoms with Crippen LogP contribution in [0.2, 0.25) is 5.02 Å². The van der Waals surface area contributed by atoms with Crippen LogP contribution in [0.3, 0.4) is 0 Å². The molecule has 0 unspecified atom stereocenters. The van der Waals surface area contributed by atoms with Crippen molar-refractivity contribution in [3.05, 3.63) is 52.3 Å². The number of halogens is 2. The van der Waals surface area contributed by atoms with Gasteiger partial charge in [-0.2, -0.15) is 0 Å². The van der Waals surface area contributed by atoms with Crippen molar-refractivity contribution in [1.82, 2.24) is 0 Å². The molecule has 0 heterocycles. The smallest absolute Gasteiger partial charge is 0.262 e. The van der Waals surface area contributed by atoms with E-state index >= 15 is 0 Å². The van der Waals surface area contributed by atoms with E-state index in [4.69, 9.17) is 11.6 Å².